The van der Waals surface area contributed by atoms with Gasteiger partial charge in [0.2, 0.25) is 15.9 Å². The molecule has 1 aliphatic carbocycles. The van der Waals surface area contributed by atoms with Crippen molar-refractivity contribution in [3.63, 3.8) is 0 Å². The van der Waals surface area contributed by atoms with E-state index in [4.69, 9.17) is 5.14 Å². The summed E-state index contributed by atoms with van der Waals surface area (Å²) in [5, 5.41) is 7.16. The second-order valence-corrected chi connectivity index (χ2v) is 7.77. The quantitative estimate of drug-likeness (QED) is 0.729. The summed E-state index contributed by atoms with van der Waals surface area (Å²) < 4.78 is 77.5. The first-order valence-corrected chi connectivity index (χ1v) is 9.48. The fourth-order valence-corrected chi connectivity index (χ4v) is 3.32. The van der Waals surface area contributed by atoms with E-state index in [0.717, 1.165) is 18.2 Å². The molecular formula is C17H14F4N2O4S. The van der Waals surface area contributed by atoms with Crippen molar-refractivity contribution in [2.24, 2.45) is 11.1 Å². The predicted molar refractivity (Wildman–Crippen MR) is 90.4 cm³/mol. The number of hydrogen-bond acceptors (Lipinski definition) is 4. The highest BCUT2D eigenvalue weighted by Crippen LogP contribution is 2.48. The Kier molecular flexibility index (Phi) is 5.06. The molecule has 0 bridgehead atoms. The van der Waals surface area contributed by atoms with Gasteiger partial charge in [-0.15, -0.1) is 13.2 Å². The fourth-order valence-electron chi connectivity index (χ4n) is 2.81. The van der Waals surface area contributed by atoms with Crippen LogP contribution in [0.3, 0.4) is 0 Å². The molecule has 0 spiro atoms. The number of hydrogen-bond donors (Lipinski definition) is 2. The molecule has 3 rings (SSSR count). The predicted octanol–water partition coefficient (Wildman–Crippen LogP) is 3.11. The van der Waals surface area contributed by atoms with E-state index in [0.29, 0.717) is 12.0 Å². The molecule has 2 atom stereocenters. The molecule has 3 N–H and O–H groups in total. The number of carbonyl (C=O) groups is 1. The van der Waals surface area contributed by atoms with Crippen LogP contribution >= 0.6 is 0 Å². The molecule has 0 unspecified atom stereocenters. The van der Waals surface area contributed by atoms with E-state index in [1.54, 1.807) is 0 Å². The summed E-state index contributed by atoms with van der Waals surface area (Å²) in [5.41, 5.74) is -0.0344. The molecule has 11 heteroatoms. The minimum Gasteiger partial charge on any atom is -0.403 e. The number of nitrogens with two attached hydrogens (primary N) is 1. The summed E-state index contributed by atoms with van der Waals surface area (Å²) in [6, 6.07) is 8.41. The second kappa shape index (κ2) is 7.06. The van der Waals surface area contributed by atoms with E-state index in [9.17, 15) is 30.8 Å². The number of sulfonamides is 1. The van der Waals surface area contributed by atoms with Gasteiger partial charge < -0.3 is 10.1 Å². The van der Waals surface area contributed by atoms with Crippen LogP contribution in [0.15, 0.2) is 47.4 Å². The lowest BCUT2D eigenvalue weighted by atomic mass is 10.1. The lowest BCUT2D eigenvalue weighted by molar-refractivity contribution is -0.274. The van der Waals surface area contributed by atoms with Crippen molar-refractivity contribution < 1.29 is 35.5 Å². The lowest BCUT2D eigenvalue weighted by Gasteiger charge is -2.14. The molecule has 2 aromatic carbocycles. The smallest absolute Gasteiger partial charge is 0.403 e. The van der Waals surface area contributed by atoms with Crippen molar-refractivity contribution in [2.75, 3.05) is 5.32 Å². The van der Waals surface area contributed by atoms with Gasteiger partial charge in [-0.1, -0.05) is 18.2 Å². The van der Waals surface area contributed by atoms with Gasteiger partial charge in [-0.2, -0.15) is 0 Å². The first-order chi connectivity index (χ1) is 13.0. The highest BCUT2D eigenvalue weighted by molar-refractivity contribution is 7.89. The van der Waals surface area contributed by atoms with Crippen LogP contribution in [-0.4, -0.2) is 20.7 Å². The Morgan fingerprint density at radius 3 is 2.36 bits per heavy atom. The Labute approximate surface area is 157 Å². The SMILES string of the molecule is NS(=O)(=O)c1ccc([C@H]2C[C@@H]2C(=O)Nc2c(F)cccc2OC(F)(F)F)cc1. The minimum atomic E-state index is -5.04. The van der Waals surface area contributed by atoms with Crippen LogP contribution in [0.25, 0.3) is 0 Å². The first-order valence-electron chi connectivity index (χ1n) is 7.93. The van der Waals surface area contributed by atoms with Gasteiger partial charge in [-0.05, 0) is 42.2 Å². The number of alkyl halides is 3. The number of primary sulfonamides is 1. The summed E-state index contributed by atoms with van der Waals surface area (Å²) in [5.74, 6) is -3.45. The van der Waals surface area contributed by atoms with Gasteiger partial charge in [-0.3, -0.25) is 4.79 Å². The average Bonchev–Trinajstić information content (AvgIpc) is 3.37. The van der Waals surface area contributed by atoms with Crippen LogP contribution < -0.4 is 15.2 Å². The highest BCUT2D eigenvalue weighted by atomic mass is 32.2. The van der Waals surface area contributed by atoms with E-state index >= 15 is 0 Å². The fraction of sp³-hybridized carbons (Fsp3) is 0.235. The zero-order valence-corrected chi connectivity index (χ0v) is 14.9. The van der Waals surface area contributed by atoms with Crippen molar-refractivity contribution >= 4 is 21.6 Å². The molecule has 150 valence electrons. The zero-order valence-electron chi connectivity index (χ0n) is 14.0. The Morgan fingerprint density at radius 2 is 1.79 bits per heavy atom. The number of benzene rings is 2. The zero-order chi connectivity index (χ0) is 20.7. The van der Waals surface area contributed by atoms with E-state index < -0.39 is 45.5 Å². The summed E-state index contributed by atoms with van der Waals surface area (Å²) in [6.45, 7) is 0. The molecule has 1 amide bonds. The van der Waals surface area contributed by atoms with Crippen molar-refractivity contribution in [2.45, 2.75) is 23.6 Å². The third-order valence-corrected chi connectivity index (χ3v) is 5.14. The number of carbonyl (C=O) groups excluding carboxylic acids is 1. The van der Waals surface area contributed by atoms with Gasteiger partial charge >= 0.3 is 6.36 Å². The molecular weight excluding hydrogens is 404 g/mol. The number of para-hydroxylation sites is 1. The van der Waals surface area contributed by atoms with Gasteiger partial charge in [0.1, 0.15) is 5.69 Å². The molecule has 6 nitrogen and oxygen atoms in total. The van der Waals surface area contributed by atoms with E-state index in [1.165, 1.54) is 24.3 Å². The Bertz CT molecular complexity index is 1010. The average molecular weight is 418 g/mol. The van der Waals surface area contributed by atoms with Crippen LogP contribution in [0, 0.1) is 11.7 Å². The molecule has 28 heavy (non-hydrogen) atoms. The monoisotopic (exact) mass is 418 g/mol. The maximum absolute atomic E-state index is 13.9. The highest BCUT2D eigenvalue weighted by Gasteiger charge is 2.44. The topological polar surface area (TPSA) is 98.5 Å². The summed E-state index contributed by atoms with van der Waals surface area (Å²) >= 11 is 0. The molecule has 0 saturated heterocycles. The van der Waals surface area contributed by atoms with Gasteiger partial charge in [0.25, 0.3) is 0 Å². The second-order valence-electron chi connectivity index (χ2n) is 6.21. The minimum absolute atomic E-state index is 0.0850. The van der Waals surface area contributed by atoms with Crippen LogP contribution in [0.1, 0.15) is 17.9 Å². The van der Waals surface area contributed by atoms with E-state index in [-0.39, 0.29) is 10.8 Å². The largest absolute Gasteiger partial charge is 0.573 e. The molecule has 0 aliphatic heterocycles. The number of ether oxygens (including phenoxy) is 1. The molecule has 1 aliphatic rings. The van der Waals surface area contributed by atoms with Crippen molar-refractivity contribution in [3.8, 4) is 5.75 Å². The van der Waals surface area contributed by atoms with Crippen molar-refractivity contribution in [1.82, 2.24) is 0 Å². The third-order valence-electron chi connectivity index (χ3n) is 4.21. The van der Waals surface area contributed by atoms with Crippen LogP contribution in [0.5, 0.6) is 5.75 Å². The molecule has 1 saturated carbocycles. The van der Waals surface area contributed by atoms with E-state index in [2.05, 4.69) is 10.1 Å². The van der Waals surface area contributed by atoms with E-state index in [1.807, 2.05) is 0 Å². The molecule has 0 aromatic heterocycles. The van der Waals surface area contributed by atoms with Gasteiger partial charge in [0, 0.05) is 5.92 Å². The van der Waals surface area contributed by atoms with Crippen LogP contribution in [0.2, 0.25) is 0 Å². The van der Waals surface area contributed by atoms with Crippen LogP contribution in [0.4, 0.5) is 23.2 Å². The molecule has 0 heterocycles. The first kappa shape index (κ1) is 20.1. The number of amides is 1. The Morgan fingerprint density at radius 1 is 1.14 bits per heavy atom. The molecule has 0 radical (unpaired) electrons. The summed E-state index contributed by atoms with van der Waals surface area (Å²) in [4.78, 5) is 12.2. The third kappa shape index (κ3) is 4.60. The van der Waals surface area contributed by atoms with Gasteiger partial charge in [0.15, 0.2) is 11.6 Å². The van der Waals surface area contributed by atoms with Crippen molar-refractivity contribution in [3.05, 3.63) is 53.8 Å². The Balaban J connectivity index is 1.72. The standard InChI is InChI=1S/C17H14F4N2O4S/c18-13-2-1-3-14(27-17(19,20)21)15(13)23-16(24)12-8-11(12)9-4-6-10(7-5-9)28(22,25)26/h1-7,11-12H,8H2,(H,23,24)(H2,22,25,26)/t11-,12+/m1/s1. The number of rotatable bonds is 5. The maximum atomic E-state index is 13.9. The Hall–Kier alpha value is -2.66. The number of anilines is 1. The normalized spacial score (nSPS) is 19.2. The lowest BCUT2D eigenvalue weighted by Crippen LogP contribution is -2.21. The van der Waals surface area contributed by atoms with Crippen LogP contribution in [-0.2, 0) is 14.8 Å². The number of halogens is 4. The molecule has 2 aromatic rings. The van der Waals surface area contributed by atoms with Gasteiger partial charge in [0.05, 0.1) is 4.90 Å². The van der Waals surface area contributed by atoms with Crippen molar-refractivity contribution in [1.29, 1.82) is 0 Å². The summed E-state index contributed by atoms with van der Waals surface area (Å²) in [7, 11) is -3.85. The molecule has 1 fully saturated rings. The number of nitrogens with one attached hydrogen (secondary N) is 1. The summed E-state index contributed by atoms with van der Waals surface area (Å²) in [6.07, 6.45) is -4.66. The van der Waals surface area contributed by atoms with Gasteiger partial charge in [-0.25, -0.2) is 17.9 Å². The maximum Gasteiger partial charge on any atom is 0.573 e.